The number of hydrogen-bond acceptors (Lipinski definition) is 5. The summed E-state index contributed by atoms with van der Waals surface area (Å²) in [7, 11) is 3.51. The number of hydrogen-bond donors (Lipinski definition) is 0. The molecule has 0 unspecified atom stereocenters. The lowest BCUT2D eigenvalue weighted by molar-refractivity contribution is -0.140. The highest BCUT2D eigenvalue weighted by Gasteiger charge is 2.05. The molecule has 0 aliphatic carbocycles. The number of ether oxygens (including phenoxy) is 1. The summed E-state index contributed by atoms with van der Waals surface area (Å²) in [5, 5.41) is 0. The zero-order valence-electron chi connectivity index (χ0n) is 10.7. The first-order valence-electron chi connectivity index (χ1n) is 5.77. The van der Waals surface area contributed by atoms with Gasteiger partial charge in [0.25, 0.3) is 0 Å². The Bertz CT molecular complexity index is 352. The molecule has 0 fully saturated rings. The van der Waals surface area contributed by atoms with Crippen molar-refractivity contribution in [3.63, 3.8) is 0 Å². The number of thiazole rings is 1. The summed E-state index contributed by atoms with van der Waals surface area (Å²) < 4.78 is 4.60. The highest BCUT2D eigenvalue weighted by molar-refractivity contribution is 7.09. The summed E-state index contributed by atoms with van der Waals surface area (Å²) in [5.74, 6) is -0.128. The van der Waals surface area contributed by atoms with Gasteiger partial charge in [-0.1, -0.05) is 0 Å². The molecule has 0 saturated heterocycles. The molecule has 0 atom stereocenters. The fourth-order valence-electron chi connectivity index (χ4n) is 1.57. The van der Waals surface area contributed by atoms with Crippen LogP contribution in [0.15, 0.2) is 5.51 Å². The van der Waals surface area contributed by atoms with Crippen molar-refractivity contribution in [1.29, 1.82) is 0 Å². The average molecular weight is 256 g/mol. The fourth-order valence-corrected chi connectivity index (χ4v) is 2.34. The maximum absolute atomic E-state index is 10.9. The van der Waals surface area contributed by atoms with E-state index in [1.165, 1.54) is 12.0 Å². The Kier molecular flexibility index (Phi) is 6.15. The van der Waals surface area contributed by atoms with Gasteiger partial charge in [-0.05, 0) is 33.4 Å². The first-order chi connectivity index (χ1) is 8.13. The van der Waals surface area contributed by atoms with Crippen LogP contribution in [-0.4, -0.2) is 43.1 Å². The molecule has 1 heterocycles. The van der Waals surface area contributed by atoms with E-state index in [4.69, 9.17) is 0 Å². The average Bonchev–Trinajstić information content (AvgIpc) is 2.72. The molecule has 0 aromatic carbocycles. The molecule has 0 aliphatic rings. The van der Waals surface area contributed by atoms with Crippen molar-refractivity contribution in [3.8, 4) is 0 Å². The third kappa shape index (κ3) is 5.28. The van der Waals surface area contributed by atoms with Gasteiger partial charge in [0.1, 0.15) is 0 Å². The Labute approximate surface area is 107 Å². The second-order valence-electron chi connectivity index (χ2n) is 4.09. The van der Waals surface area contributed by atoms with Gasteiger partial charge in [-0.3, -0.25) is 4.79 Å². The number of carbonyl (C=O) groups is 1. The van der Waals surface area contributed by atoms with Gasteiger partial charge in [0, 0.05) is 17.8 Å². The Balaban J connectivity index is 2.15. The van der Waals surface area contributed by atoms with Crippen LogP contribution >= 0.6 is 11.3 Å². The first-order valence-corrected chi connectivity index (χ1v) is 6.65. The van der Waals surface area contributed by atoms with Gasteiger partial charge >= 0.3 is 5.97 Å². The zero-order valence-corrected chi connectivity index (χ0v) is 11.5. The Morgan fingerprint density at radius 1 is 1.53 bits per heavy atom. The minimum Gasteiger partial charge on any atom is -0.469 e. The SMILES string of the molecule is COC(=O)CCCN(C)CCc1scnc1C. The molecule has 4 nitrogen and oxygen atoms in total. The largest absolute Gasteiger partial charge is 0.469 e. The van der Waals surface area contributed by atoms with Crippen LogP contribution in [0.25, 0.3) is 0 Å². The second kappa shape index (κ2) is 7.40. The van der Waals surface area contributed by atoms with Crippen molar-refractivity contribution in [2.24, 2.45) is 0 Å². The summed E-state index contributed by atoms with van der Waals surface area (Å²) >= 11 is 1.71. The number of aromatic nitrogens is 1. The van der Waals surface area contributed by atoms with Gasteiger partial charge < -0.3 is 9.64 Å². The number of likely N-dealkylation sites (N-methyl/N-ethyl adjacent to an activating group) is 1. The summed E-state index contributed by atoms with van der Waals surface area (Å²) in [6, 6.07) is 0. The van der Waals surface area contributed by atoms with Crippen LogP contribution in [-0.2, 0) is 16.0 Å². The minimum atomic E-state index is -0.128. The number of esters is 1. The van der Waals surface area contributed by atoms with E-state index in [0.29, 0.717) is 6.42 Å². The van der Waals surface area contributed by atoms with Crippen molar-refractivity contribution < 1.29 is 9.53 Å². The molecular formula is C12H20N2O2S. The van der Waals surface area contributed by atoms with E-state index in [1.807, 2.05) is 12.4 Å². The van der Waals surface area contributed by atoms with Crippen LogP contribution in [0.1, 0.15) is 23.4 Å². The Morgan fingerprint density at radius 2 is 2.29 bits per heavy atom. The van der Waals surface area contributed by atoms with Crippen LogP contribution in [0.3, 0.4) is 0 Å². The molecule has 1 aromatic rings. The number of carbonyl (C=O) groups excluding carboxylic acids is 1. The topological polar surface area (TPSA) is 42.4 Å². The standard InChI is InChI=1S/C12H20N2O2S/c1-10-11(17-9-13-10)6-8-14(2)7-4-5-12(15)16-3/h9H,4-8H2,1-3H3. The monoisotopic (exact) mass is 256 g/mol. The molecule has 1 rings (SSSR count). The molecule has 0 radical (unpaired) electrons. The maximum atomic E-state index is 10.9. The van der Waals surface area contributed by atoms with Gasteiger partial charge in [-0.2, -0.15) is 0 Å². The highest BCUT2D eigenvalue weighted by atomic mass is 32.1. The lowest BCUT2D eigenvalue weighted by Crippen LogP contribution is -2.23. The molecule has 1 aromatic heterocycles. The number of methoxy groups -OCH3 is 1. The van der Waals surface area contributed by atoms with Crippen molar-refractivity contribution in [3.05, 3.63) is 16.1 Å². The summed E-state index contributed by atoms with van der Waals surface area (Å²) in [4.78, 5) is 18.8. The van der Waals surface area contributed by atoms with Crippen LogP contribution in [0.4, 0.5) is 0 Å². The van der Waals surface area contributed by atoms with Crippen molar-refractivity contribution in [1.82, 2.24) is 9.88 Å². The predicted octanol–water partition coefficient (Wildman–Crippen LogP) is 1.88. The molecule has 5 heteroatoms. The predicted molar refractivity (Wildman–Crippen MR) is 69.3 cm³/mol. The molecular weight excluding hydrogens is 236 g/mol. The second-order valence-corrected chi connectivity index (χ2v) is 5.03. The lowest BCUT2D eigenvalue weighted by Gasteiger charge is -2.15. The van der Waals surface area contributed by atoms with Gasteiger partial charge in [-0.25, -0.2) is 4.98 Å². The van der Waals surface area contributed by atoms with Crippen LogP contribution in [0.5, 0.6) is 0 Å². The van der Waals surface area contributed by atoms with E-state index in [0.717, 1.165) is 31.6 Å². The van der Waals surface area contributed by atoms with Crippen molar-refractivity contribution >= 4 is 17.3 Å². The van der Waals surface area contributed by atoms with Crippen molar-refractivity contribution in [2.75, 3.05) is 27.2 Å². The lowest BCUT2D eigenvalue weighted by atomic mass is 10.2. The van der Waals surface area contributed by atoms with Gasteiger partial charge in [-0.15, -0.1) is 11.3 Å². The maximum Gasteiger partial charge on any atom is 0.305 e. The summed E-state index contributed by atoms with van der Waals surface area (Å²) in [6.07, 6.45) is 2.39. The van der Waals surface area contributed by atoms with Crippen LogP contribution in [0.2, 0.25) is 0 Å². The van der Waals surface area contributed by atoms with Crippen molar-refractivity contribution in [2.45, 2.75) is 26.2 Å². The molecule has 0 spiro atoms. The number of aryl methyl sites for hydroxylation is 1. The van der Waals surface area contributed by atoms with Crippen LogP contribution < -0.4 is 0 Å². The molecule has 0 amide bonds. The molecule has 0 aliphatic heterocycles. The first kappa shape index (κ1) is 14.1. The van der Waals surface area contributed by atoms with E-state index >= 15 is 0 Å². The molecule has 0 N–H and O–H groups in total. The third-order valence-electron chi connectivity index (χ3n) is 2.71. The summed E-state index contributed by atoms with van der Waals surface area (Å²) in [6.45, 7) is 3.97. The minimum absolute atomic E-state index is 0.128. The van der Waals surface area contributed by atoms with Crippen LogP contribution in [0, 0.1) is 6.92 Å². The molecule has 96 valence electrons. The smallest absolute Gasteiger partial charge is 0.305 e. The fraction of sp³-hybridized carbons (Fsp3) is 0.667. The normalized spacial score (nSPS) is 10.8. The quantitative estimate of drug-likeness (QED) is 0.699. The van der Waals surface area contributed by atoms with Gasteiger partial charge in [0.15, 0.2) is 0 Å². The van der Waals surface area contributed by atoms with E-state index in [-0.39, 0.29) is 5.97 Å². The summed E-state index contributed by atoms with van der Waals surface area (Å²) in [5.41, 5.74) is 3.03. The van der Waals surface area contributed by atoms with E-state index in [2.05, 4.69) is 21.7 Å². The molecule has 17 heavy (non-hydrogen) atoms. The van der Waals surface area contributed by atoms with E-state index in [1.54, 1.807) is 11.3 Å². The Morgan fingerprint density at radius 3 is 2.88 bits per heavy atom. The Hall–Kier alpha value is -0.940. The van der Waals surface area contributed by atoms with E-state index in [9.17, 15) is 4.79 Å². The number of nitrogens with zero attached hydrogens (tertiary/aromatic N) is 2. The third-order valence-corrected chi connectivity index (χ3v) is 3.71. The molecule has 0 bridgehead atoms. The van der Waals surface area contributed by atoms with Gasteiger partial charge in [0.2, 0.25) is 0 Å². The molecule has 0 saturated carbocycles. The highest BCUT2D eigenvalue weighted by Crippen LogP contribution is 2.12. The van der Waals surface area contributed by atoms with Gasteiger partial charge in [0.05, 0.1) is 18.3 Å². The van der Waals surface area contributed by atoms with E-state index < -0.39 is 0 Å². The number of rotatable bonds is 7. The zero-order chi connectivity index (χ0) is 12.7.